The number of amides is 1. The van der Waals surface area contributed by atoms with Crippen molar-refractivity contribution in [1.82, 2.24) is 24.6 Å². The zero-order valence-corrected chi connectivity index (χ0v) is 27.6. The van der Waals surface area contributed by atoms with Crippen LogP contribution in [-0.4, -0.2) is 61.0 Å². The van der Waals surface area contributed by atoms with Gasteiger partial charge < -0.3 is 19.3 Å². The average molecular weight is 643 g/mol. The third-order valence-electron chi connectivity index (χ3n) is 7.01. The van der Waals surface area contributed by atoms with Gasteiger partial charge in [0.25, 0.3) is 0 Å². The van der Waals surface area contributed by atoms with Crippen molar-refractivity contribution >= 4 is 52.1 Å². The van der Waals surface area contributed by atoms with E-state index >= 15 is 0 Å². The number of rotatable bonds is 8. The van der Waals surface area contributed by atoms with Crippen molar-refractivity contribution in [3.05, 3.63) is 65.0 Å². The highest BCUT2D eigenvalue weighted by atomic mass is 35.5. The van der Waals surface area contributed by atoms with E-state index in [0.29, 0.717) is 29.8 Å². The van der Waals surface area contributed by atoms with Gasteiger partial charge in [0.1, 0.15) is 17.1 Å². The van der Waals surface area contributed by atoms with E-state index in [0.717, 1.165) is 36.1 Å². The molecular weight excluding hydrogens is 603 g/mol. The quantitative estimate of drug-likeness (QED) is 0.113. The van der Waals surface area contributed by atoms with Crippen molar-refractivity contribution in [3.63, 3.8) is 0 Å². The second-order valence-corrected chi connectivity index (χ2v) is 12.6. The van der Waals surface area contributed by atoms with E-state index in [-0.39, 0.29) is 28.3 Å². The van der Waals surface area contributed by atoms with Crippen molar-refractivity contribution in [2.24, 2.45) is 0 Å². The lowest BCUT2D eigenvalue weighted by molar-refractivity contribution is 0.0184. The van der Waals surface area contributed by atoms with Crippen LogP contribution in [0.1, 0.15) is 82.8 Å². The molecule has 0 radical (unpaired) electrons. The maximum Gasteiger partial charge on any atom is 0.410 e. The molecule has 0 bridgehead atoms. The fraction of sp³-hybridized carbons (Fsp3) is 0.438. The number of ketones is 1. The molecular formula is C32H40ClFN6O3S. The number of fused-ring (bicyclic) bond motifs is 1. The van der Waals surface area contributed by atoms with Crippen molar-refractivity contribution in [2.75, 3.05) is 23.6 Å². The Balaban J connectivity index is 0.00000216. The van der Waals surface area contributed by atoms with Gasteiger partial charge in [0.2, 0.25) is 0 Å². The largest absolute Gasteiger partial charge is 0.444 e. The smallest absolute Gasteiger partial charge is 0.410 e. The molecule has 9 nitrogen and oxygen atoms in total. The normalized spacial score (nSPS) is 13.9. The molecule has 1 aromatic carbocycles. The number of nitrogens with zero attached hydrogens (tertiary/aromatic N) is 4. The molecule has 4 aromatic rings. The summed E-state index contributed by atoms with van der Waals surface area (Å²) in [6.45, 7) is 12.8. The first-order valence-electron chi connectivity index (χ1n) is 15.0. The van der Waals surface area contributed by atoms with Crippen molar-refractivity contribution in [3.8, 4) is 11.1 Å². The minimum Gasteiger partial charge on any atom is -0.444 e. The van der Waals surface area contributed by atoms with Gasteiger partial charge in [0.05, 0.1) is 28.5 Å². The Hall–Kier alpha value is -3.57. The third kappa shape index (κ3) is 7.55. The lowest BCUT2D eigenvalue weighted by atomic mass is 10.0. The molecule has 1 aliphatic rings. The van der Waals surface area contributed by atoms with Crippen LogP contribution in [0.4, 0.5) is 14.9 Å². The molecule has 3 aromatic heterocycles. The molecule has 1 saturated heterocycles. The molecule has 0 atom stereocenters. The molecule has 0 spiro atoms. The van der Waals surface area contributed by atoms with Gasteiger partial charge >= 0.3 is 6.09 Å². The highest BCUT2D eigenvalue weighted by molar-refractivity contribution is 8.00. The number of aromatic amines is 1. The van der Waals surface area contributed by atoms with Crippen LogP contribution >= 0.6 is 23.5 Å². The Bertz CT molecular complexity index is 1610. The Morgan fingerprint density at radius 1 is 1.18 bits per heavy atom. The Morgan fingerprint density at radius 2 is 1.91 bits per heavy atom. The van der Waals surface area contributed by atoms with E-state index in [1.807, 2.05) is 51.6 Å². The maximum absolute atomic E-state index is 14.9. The summed E-state index contributed by atoms with van der Waals surface area (Å²) in [4.78, 5) is 35.3. The number of carbonyl (C=O) groups excluding carboxylic acids is 2. The minimum atomic E-state index is -0.687. The summed E-state index contributed by atoms with van der Waals surface area (Å²) in [5.74, 6) is -0.372. The van der Waals surface area contributed by atoms with E-state index in [1.54, 1.807) is 17.3 Å². The van der Waals surface area contributed by atoms with Gasteiger partial charge in [-0.1, -0.05) is 44.3 Å². The third-order valence-corrected chi connectivity index (χ3v) is 8.38. The molecule has 4 heterocycles. The first kappa shape index (κ1) is 33.3. The number of ether oxygens (including phenoxy) is 1. The van der Waals surface area contributed by atoms with E-state index in [1.165, 1.54) is 30.3 Å². The highest BCUT2D eigenvalue weighted by Crippen LogP contribution is 2.34. The van der Waals surface area contributed by atoms with Crippen molar-refractivity contribution in [1.29, 1.82) is 0 Å². The van der Waals surface area contributed by atoms with Crippen LogP contribution in [-0.2, 0) is 4.74 Å². The van der Waals surface area contributed by atoms with Gasteiger partial charge in [0, 0.05) is 59.5 Å². The monoisotopic (exact) mass is 642 g/mol. The summed E-state index contributed by atoms with van der Waals surface area (Å²) in [6, 6.07) is 4.77. The summed E-state index contributed by atoms with van der Waals surface area (Å²) in [7, 11) is 0. The second-order valence-electron chi connectivity index (χ2n) is 11.3. The number of hydrogen-bond acceptors (Lipinski definition) is 7. The Labute approximate surface area is 267 Å². The van der Waals surface area contributed by atoms with Crippen LogP contribution < -0.4 is 4.72 Å². The van der Waals surface area contributed by atoms with Crippen LogP contribution in [0.25, 0.3) is 22.2 Å². The van der Waals surface area contributed by atoms with Crippen LogP contribution in [0.15, 0.2) is 43.0 Å². The number of halogens is 2. The lowest BCUT2D eigenvalue weighted by Gasteiger charge is -2.33. The maximum atomic E-state index is 14.9. The number of pyridine rings is 1. The summed E-state index contributed by atoms with van der Waals surface area (Å²) in [5.41, 5.74) is 2.17. The number of carbonyl (C=O) groups is 2. The SMILES string of the molecule is CC.CCCSNc1ccc(F)c(C(=O)c2c[nH]c3ncc(-c4cnn(C5CCN(C(=O)OC(C)(C)C)CC5)c4)cc23)c1Cl. The predicted molar refractivity (Wildman–Crippen MR) is 176 cm³/mol. The van der Waals surface area contributed by atoms with Crippen molar-refractivity contribution in [2.45, 2.75) is 72.4 Å². The van der Waals surface area contributed by atoms with Crippen LogP contribution in [0.5, 0.6) is 0 Å². The summed E-state index contributed by atoms with van der Waals surface area (Å²) in [6.07, 6.45) is 9.13. The van der Waals surface area contributed by atoms with Crippen LogP contribution in [0, 0.1) is 5.82 Å². The molecule has 0 saturated carbocycles. The van der Waals surface area contributed by atoms with E-state index in [9.17, 15) is 14.0 Å². The fourth-order valence-corrected chi connectivity index (χ4v) is 5.85. The average Bonchev–Trinajstić information content (AvgIpc) is 3.66. The fourth-order valence-electron chi connectivity index (χ4n) is 4.88. The molecule has 1 fully saturated rings. The number of nitrogens with one attached hydrogen (secondary N) is 2. The number of aromatic nitrogens is 4. The van der Waals surface area contributed by atoms with Gasteiger partial charge in [-0.3, -0.25) is 9.48 Å². The number of piperidine rings is 1. The Kier molecular flexibility index (Phi) is 11.0. The number of H-pyrrole nitrogens is 1. The van der Waals surface area contributed by atoms with E-state index in [2.05, 4.69) is 26.7 Å². The number of likely N-dealkylation sites (tertiary alicyclic amines) is 1. The molecule has 12 heteroatoms. The summed E-state index contributed by atoms with van der Waals surface area (Å²) < 4.78 is 25.4. The van der Waals surface area contributed by atoms with Crippen LogP contribution in [0.2, 0.25) is 5.02 Å². The summed E-state index contributed by atoms with van der Waals surface area (Å²) >= 11 is 7.96. The standard InChI is InChI=1S/C30H34ClFN6O3S.C2H6/c1-5-12-42-36-24-7-6-23(32)25(26(24)31)27(39)22-16-34-28-21(22)13-18(14-33-28)19-15-35-38(17-19)20-8-10-37(11-9-20)29(40)41-30(2,3)4;1-2/h6-7,13-17,20,36H,5,8-12H2,1-4H3,(H,33,34);1-2H3. The highest BCUT2D eigenvalue weighted by Gasteiger charge is 2.28. The number of benzene rings is 1. The molecule has 44 heavy (non-hydrogen) atoms. The number of hydrogen-bond donors (Lipinski definition) is 2. The molecule has 5 rings (SSSR count). The predicted octanol–water partition coefficient (Wildman–Crippen LogP) is 8.52. The number of anilines is 1. The minimum absolute atomic E-state index is 0.0426. The molecule has 236 valence electrons. The second kappa shape index (κ2) is 14.5. The first-order chi connectivity index (χ1) is 21.1. The van der Waals surface area contributed by atoms with Gasteiger partial charge in [-0.25, -0.2) is 14.2 Å². The van der Waals surface area contributed by atoms with Crippen LogP contribution in [0.3, 0.4) is 0 Å². The lowest BCUT2D eigenvalue weighted by Crippen LogP contribution is -2.42. The molecule has 2 N–H and O–H groups in total. The van der Waals surface area contributed by atoms with Gasteiger partial charge in [-0.15, -0.1) is 0 Å². The van der Waals surface area contributed by atoms with Gasteiger partial charge in [0.15, 0.2) is 5.78 Å². The molecule has 0 aliphatic carbocycles. The van der Waals surface area contributed by atoms with E-state index < -0.39 is 17.2 Å². The summed E-state index contributed by atoms with van der Waals surface area (Å²) in [5, 5.41) is 5.19. The topological polar surface area (TPSA) is 105 Å². The van der Waals surface area contributed by atoms with Gasteiger partial charge in [-0.05, 0) is 58.2 Å². The van der Waals surface area contributed by atoms with Crippen molar-refractivity contribution < 1.29 is 18.7 Å². The molecule has 1 aliphatic heterocycles. The van der Waals surface area contributed by atoms with E-state index in [4.69, 9.17) is 16.3 Å². The molecule has 1 amide bonds. The van der Waals surface area contributed by atoms with Gasteiger partial charge in [-0.2, -0.15) is 5.10 Å². The zero-order chi connectivity index (χ0) is 32.0. The first-order valence-corrected chi connectivity index (χ1v) is 16.3. The zero-order valence-electron chi connectivity index (χ0n) is 26.0. The molecule has 0 unspecified atom stereocenters. The Morgan fingerprint density at radius 3 is 2.59 bits per heavy atom.